The molecule has 0 fully saturated rings. The summed E-state index contributed by atoms with van der Waals surface area (Å²) < 4.78 is 1.83. The Morgan fingerprint density at radius 2 is 1.68 bits per heavy atom. The van der Waals surface area contributed by atoms with Crippen molar-refractivity contribution in [2.45, 2.75) is 12.8 Å². The van der Waals surface area contributed by atoms with Gasteiger partial charge in [0, 0.05) is 23.7 Å². The van der Waals surface area contributed by atoms with E-state index in [0.29, 0.717) is 5.69 Å². The fourth-order valence-corrected chi connectivity index (χ4v) is 2.58. The van der Waals surface area contributed by atoms with Gasteiger partial charge in [0.05, 0.1) is 12.1 Å². The molecule has 0 aliphatic heterocycles. The first-order chi connectivity index (χ1) is 10.7. The minimum atomic E-state index is -0.963. The third-order valence-corrected chi connectivity index (χ3v) is 3.59. The quantitative estimate of drug-likeness (QED) is 0.730. The summed E-state index contributed by atoms with van der Waals surface area (Å²) in [4.78, 5) is 23.3. The van der Waals surface area contributed by atoms with Gasteiger partial charge in [-0.15, -0.1) is 0 Å². The molecule has 0 radical (unpaired) electrons. The molecule has 2 aromatic heterocycles. The van der Waals surface area contributed by atoms with E-state index in [1.807, 2.05) is 65.2 Å². The van der Waals surface area contributed by atoms with Gasteiger partial charge < -0.3 is 9.51 Å². The van der Waals surface area contributed by atoms with Crippen LogP contribution in [-0.2, 0) is 4.79 Å². The van der Waals surface area contributed by atoms with Crippen molar-refractivity contribution in [1.82, 2.24) is 4.40 Å². The monoisotopic (exact) mass is 293 g/mol. The van der Waals surface area contributed by atoms with Crippen LogP contribution in [0, 0.1) is 0 Å². The second kappa shape index (κ2) is 5.85. The molecular weight excluding hydrogens is 278 g/mol. The SMILES string of the molecule is O=C(O)CCC(=O)c1c(-c2ccccc2)cc2ccccn12. The summed E-state index contributed by atoms with van der Waals surface area (Å²) in [5, 5.41) is 8.80. The maximum atomic E-state index is 12.5. The van der Waals surface area contributed by atoms with Crippen molar-refractivity contribution in [3.05, 3.63) is 66.5 Å². The molecule has 0 aliphatic rings. The van der Waals surface area contributed by atoms with Crippen LogP contribution in [0.4, 0.5) is 0 Å². The van der Waals surface area contributed by atoms with Gasteiger partial charge in [0.2, 0.25) is 0 Å². The lowest BCUT2D eigenvalue weighted by Gasteiger charge is -2.05. The van der Waals surface area contributed by atoms with Crippen LogP contribution in [0.3, 0.4) is 0 Å². The van der Waals surface area contributed by atoms with Gasteiger partial charge in [0.25, 0.3) is 0 Å². The van der Waals surface area contributed by atoms with Gasteiger partial charge in [0.1, 0.15) is 0 Å². The number of aliphatic carboxylic acids is 1. The van der Waals surface area contributed by atoms with Crippen LogP contribution in [0.25, 0.3) is 16.6 Å². The number of carboxylic acid groups (broad SMARTS) is 1. The molecule has 1 aromatic carbocycles. The number of carbonyl (C=O) groups is 2. The summed E-state index contributed by atoms with van der Waals surface area (Å²) in [7, 11) is 0. The van der Waals surface area contributed by atoms with Crippen LogP contribution >= 0.6 is 0 Å². The highest BCUT2D eigenvalue weighted by Crippen LogP contribution is 2.28. The van der Waals surface area contributed by atoms with E-state index in [0.717, 1.165) is 16.6 Å². The molecule has 0 atom stereocenters. The number of carboxylic acids is 1. The van der Waals surface area contributed by atoms with E-state index in [1.165, 1.54) is 0 Å². The summed E-state index contributed by atoms with van der Waals surface area (Å²) in [5.41, 5.74) is 3.25. The van der Waals surface area contributed by atoms with E-state index in [2.05, 4.69) is 0 Å². The van der Waals surface area contributed by atoms with Gasteiger partial charge >= 0.3 is 5.97 Å². The van der Waals surface area contributed by atoms with Crippen LogP contribution in [-0.4, -0.2) is 21.3 Å². The third-order valence-electron chi connectivity index (χ3n) is 3.59. The largest absolute Gasteiger partial charge is 0.481 e. The first kappa shape index (κ1) is 14.1. The molecule has 0 aliphatic carbocycles. The van der Waals surface area contributed by atoms with Crippen molar-refractivity contribution in [3.8, 4) is 11.1 Å². The van der Waals surface area contributed by atoms with Gasteiger partial charge in [-0.2, -0.15) is 0 Å². The highest BCUT2D eigenvalue weighted by atomic mass is 16.4. The third kappa shape index (κ3) is 2.63. The topological polar surface area (TPSA) is 58.8 Å². The van der Waals surface area contributed by atoms with Crippen LogP contribution < -0.4 is 0 Å². The van der Waals surface area contributed by atoms with Crippen molar-refractivity contribution in [1.29, 1.82) is 0 Å². The van der Waals surface area contributed by atoms with Crippen LogP contribution in [0.15, 0.2) is 60.8 Å². The van der Waals surface area contributed by atoms with Gasteiger partial charge in [-0.1, -0.05) is 36.4 Å². The Balaban J connectivity index is 2.13. The molecule has 3 aromatic rings. The van der Waals surface area contributed by atoms with Gasteiger partial charge in [-0.05, 0) is 23.8 Å². The normalized spacial score (nSPS) is 10.7. The Hall–Kier alpha value is -2.88. The van der Waals surface area contributed by atoms with E-state index in [-0.39, 0.29) is 18.6 Å². The molecule has 0 saturated carbocycles. The highest BCUT2D eigenvalue weighted by Gasteiger charge is 2.19. The average Bonchev–Trinajstić information content (AvgIpc) is 2.93. The van der Waals surface area contributed by atoms with E-state index in [9.17, 15) is 9.59 Å². The zero-order valence-corrected chi connectivity index (χ0v) is 11.9. The number of ketones is 1. The molecule has 110 valence electrons. The first-order valence-electron chi connectivity index (χ1n) is 7.07. The molecule has 1 N–H and O–H groups in total. The highest BCUT2D eigenvalue weighted by molar-refractivity contribution is 6.03. The second-order valence-electron chi connectivity index (χ2n) is 5.09. The number of aromatic nitrogens is 1. The molecule has 0 unspecified atom stereocenters. The Labute approximate surface area is 127 Å². The molecule has 0 spiro atoms. The smallest absolute Gasteiger partial charge is 0.303 e. The average molecular weight is 293 g/mol. The van der Waals surface area contributed by atoms with Gasteiger partial charge in [-0.3, -0.25) is 9.59 Å². The molecule has 0 saturated heterocycles. The van der Waals surface area contributed by atoms with Crippen LogP contribution in [0.5, 0.6) is 0 Å². The molecule has 0 bridgehead atoms. The first-order valence-corrected chi connectivity index (χ1v) is 7.07. The fraction of sp³-hybridized carbons (Fsp3) is 0.111. The number of hydrogen-bond acceptors (Lipinski definition) is 2. The van der Waals surface area contributed by atoms with Gasteiger partial charge in [0.15, 0.2) is 5.78 Å². The Kier molecular flexibility index (Phi) is 3.74. The van der Waals surface area contributed by atoms with Crippen LogP contribution in [0.1, 0.15) is 23.3 Å². The lowest BCUT2D eigenvalue weighted by molar-refractivity contribution is -0.136. The van der Waals surface area contributed by atoms with Crippen LogP contribution in [0.2, 0.25) is 0 Å². The fourth-order valence-electron chi connectivity index (χ4n) is 2.58. The number of carbonyl (C=O) groups excluding carboxylic acids is 1. The molecule has 22 heavy (non-hydrogen) atoms. The number of benzene rings is 1. The molecular formula is C18H15NO3. The molecule has 2 heterocycles. The Morgan fingerprint density at radius 1 is 0.955 bits per heavy atom. The predicted octanol–water partition coefficient (Wildman–Crippen LogP) is 3.65. The maximum Gasteiger partial charge on any atom is 0.303 e. The molecule has 3 rings (SSSR count). The van der Waals surface area contributed by atoms with Crippen molar-refractivity contribution in [2.24, 2.45) is 0 Å². The molecule has 4 heteroatoms. The summed E-state index contributed by atoms with van der Waals surface area (Å²) in [6.07, 6.45) is 1.67. The summed E-state index contributed by atoms with van der Waals surface area (Å²) in [6.45, 7) is 0. The van der Waals surface area contributed by atoms with Crippen molar-refractivity contribution in [2.75, 3.05) is 0 Å². The van der Waals surface area contributed by atoms with Crippen molar-refractivity contribution >= 4 is 17.3 Å². The molecule has 0 amide bonds. The Bertz CT molecular complexity index is 834. The number of Topliss-reactive ketones (excluding diaryl/α,β-unsaturated/α-hetero) is 1. The number of nitrogens with zero attached hydrogens (tertiary/aromatic N) is 1. The number of hydrogen-bond donors (Lipinski definition) is 1. The zero-order valence-electron chi connectivity index (χ0n) is 11.9. The minimum absolute atomic E-state index is 0.00380. The Morgan fingerprint density at radius 3 is 2.41 bits per heavy atom. The summed E-state index contributed by atoms with van der Waals surface area (Å²) in [6, 6.07) is 17.3. The second-order valence-corrected chi connectivity index (χ2v) is 5.09. The maximum absolute atomic E-state index is 12.5. The van der Waals surface area contributed by atoms with Gasteiger partial charge in [-0.25, -0.2) is 0 Å². The van der Waals surface area contributed by atoms with E-state index < -0.39 is 5.97 Å². The number of pyridine rings is 1. The zero-order chi connectivity index (χ0) is 15.5. The standard InChI is InChI=1S/C18H15NO3/c20-16(9-10-17(21)22)18-15(13-6-2-1-3-7-13)12-14-8-4-5-11-19(14)18/h1-8,11-12H,9-10H2,(H,21,22). The predicted molar refractivity (Wildman–Crippen MR) is 84.0 cm³/mol. The lowest BCUT2D eigenvalue weighted by Crippen LogP contribution is -2.07. The van der Waals surface area contributed by atoms with Crippen molar-refractivity contribution in [3.63, 3.8) is 0 Å². The summed E-state index contributed by atoms with van der Waals surface area (Å²) in [5.74, 6) is -1.12. The summed E-state index contributed by atoms with van der Waals surface area (Å²) >= 11 is 0. The lowest BCUT2D eigenvalue weighted by atomic mass is 10.0. The van der Waals surface area contributed by atoms with Crippen molar-refractivity contribution < 1.29 is 14.7 Å². The molecule has 4 nitrogen and oxygen atoms in total. The number of rotatable bonds is 5. The number of fused-ring (bicyclic) bond motifs is 1. The van der Waals surface area contributed by atoms with E-state index in [4.69, 9.17) is 5.11 Å². The van der Waals surface area contributed by atoms with E-state index in [1.54, 1.807) is 0 Å². The minimum Gasteiger partial charge on any atom is -0.481 e. The van der Waals surface area contributed by atoms with E-state index >= 15 is 0 Å².